The Morgan fingerprint density at radius 3 is 2.33 bits per heavy atom. The van der Waals surface area contributed by atoms with Crippen LogP contribution in [0, 0.1) is 0 Å². The molecule has 0 bridgehead atoms. The van der Waals surface area contributed by atoms with Crippen LogP contribution in [-0.4, -0.2) is 86.9 Å². The zero-order valence-corrected chi connectivity index (χ0v) is 14.2. The lowest BCUT2D eigenvalue weighted by Crippen LogP contribution is -2.55. The highest BCUT2D eigenvalue weighted by Gasteiger charge is 2.27. The van der Waals surface area contributed by atoms with Crippen LogP contribution in [0.3, 0.4) is 0 Å². The number of aliphatic hydroxyl groups is 2. The van der Waals surface area contributed by atoms with Gasteiger partial charge in [-0.25, -0.2) is 9.78 Å². The molecule has 27 heavy (non-hydrogen) atoms. The van der Waals surface area contributed by atoms with Gasteiger partial charge >= 0.3 is 5.97 Å². The minimum absolute atomic E-state index is 0.0422. The number of carbonyl (C=O) groups excluding carboxylic acids is 3. The number of aliphatic hydroxyl groups excluding tert-OH is 2. The van der Waals surface area contributed by atoms with Crippen molar-refractivity contribution in [1.82, 2.24) is 25.9 Å². The second kappa shape index (κ2) is 10.8. The van der Waals surface area contributed by atoms with E-state index >= 15 is 0 Å². The average molecular weight is 386 g/mol. The number of carboxylic acid groups (broad SMARTS) is 1. The van der Waals surface area contributed by atoms with Crippen molar-refractivity contribution < 1.29 is 34.5 Å². The summed E-state index contributed by atoms with van der Waals surface area (Å²) in [5.41, 5.74) is 5.78. The summed E-state index contributed by atoms with van der Waals surface area (Å²) in [4.78, 5) is 53.2. The van der Waals surface area contributed by atoms with Crippen molar-refractivity contribution in [2.75, 3.05) is 19.8 Å². The molecule has 13 heteroatoms. The van der Waals surface area contributed by atoms with E-state index in [9.17, 15) is 19.2 Å². The van der Waals surface area contributed by atoms with Crippen LogP contribution < -0.4 is 21.7 Å². The molecule has 1 aromatic heterocycles. The third-order valence-corrected chi connectivity index (χ3v) is 3.38. The van der Waals surface area contributed by atoms with Gasteiger partial charge in [-0.2, -0.15) is 0 Å². The molecule has 0 aliphatic heterocycles. The van der Waals surface area contributed by atoms with Crippen LogP contribution in [0.15, 0.2) is 12.5 Å². The van der Waals surface area contributed by atoms with Crippen LogP contribution in [0.2, 0.25) is 0 Å². The molecule has 1 rings (SSSR count). The number of carboxylic acids is 1. The summed E-state index contributed by atoms with van der Waals surface area (Å²) in [6.45, 7) is -1.95. The first kappa shape index (κ1) is 22.0. The number of amides is 3. The Labute approximate surface area is 153 Å². The fraction of sp³-hybridized carbons (Fsp3) is 0.500. The van der Waals surface area contributed by atoms with E-state index in [1.807, 2.05) is 0 Å². The van der Waals surface area contributed by atoms with Crippen molar-refractivity contribution in [2.24, 2.45) is 5.73 Å². The highest BCUT2D eigenvalue weighted by Crippen LogP contribution is 2.00. The zero-order chi connectivity index (χ0) is 20.4. The number of hydrogen-bond acceptors (Lipinski definition) is 8. The second-order valence-corrected chi connectivity index (χ2v) is 5.49. The van der Waals surface area contributed by atoms with Crippen molar-refractivity contribution in [3.8, 4) is 0 Å². The van der Waals surface area contributed by atoms with Gasteiger partial charge in [-0.15, -0.1) is 0 Å². The molecule has 9 N–H and O–H groups in total. The standard InChI is InChI=1S/C14H22N6O7/c15-8(4-21)12(24)17-3-11(23)19-9(1-7-2-16-6-18-7)13(25)20-10(5-22)14(26)27/h2,6,8-10,21-22H,1,3-5,15H2,(H,16,18)(H,17,24)(H,19,23)(H,20,25)(H,26,27). The summed E-state index contributed by atoms with van der Waals surface area (Å²) < 4.78 is 0. The van der Waals surface area contributed by atoms with Gasteiger partial charge in [0.2, 0.25) is 17.7 Å². The van der Waals surface area contributed by atoms with E-state index in [0.717, 1.165) is 0 Å². The first-order valence-corrected chi connectivity index (χ1v) is 7.83. The third-order valence-electron chi connectivity index (χ3n) is 3.38. The smallest absolute Gasteiger partial charge is 0.328 e. The van der Waals surface area contributed by atoms with Crippen molar-refractivity contribution >= 4 is 23.7 Å². The fourth-order valence-corrected chi connectivity index (χ4v) is 1.91. The van der Waals surface area contributed by atoms with Gasteiger partial charge in [0.25, 0.3) is 0 Å². The minimum Gasteiger partial charge on any atom is -0.480 e. The summed E-state index contributed by atoms with van der Waals surface area (Å²) >= 11 is 0. The van der Waals surface area contributed by atoms with Crippen LogP contribution >= 0.6 is 0 Å². The first-order valence-electron chi connectivity index (χ1n) is 7.83. The molecule has 0 saturated carbocycles. The van der Waals surface area contributed by atoms with Gasteiger partial charge in [0.1, 0.15) is 18.1 Å². The molecule has 3 atom stereocenters. The van der Waals surface area contributed by atoms with Crippen LogP contribution in [-0.2, 0) is 25.6 Å². The second-order valence-electron chi connectivity index (χ2n) is 5.49. The molecule has 0 aliphatic rings. The molecule has 3 unspecified atom stereocenters. The fourth-order valence-electron chi connectivity index (χ4n) is 1.91. The highest BCUT2D eigenvalue weighted by atomic mass is 16.4. The monoisotopic (exact) mass is 386 g/mol. The third kappa shape index (κ3) is 7.39. The number of aromatic amines is 1. The van der Waals surface area contributed by atoms with Gasteiger partial charge in [-0.3, -0.25) is 14.4 Å². The topological polar surface area (TPSA) is 220 Å². The SMILES string of the molecule is NC(CO)C(=O)NCC(=O)NC(Cc1cnc[nH]1)C(=O)NC(CO)C(=O)O. The van der Waals surface area contributed by atoms with Crippen molar-refractivity contribution in [2.45, 2.75) is 24.5 Å². The zero-order valence-electron chi connectivity index (χ0n) is 14.2. The van der Waals surface area contributed by atoms with Crippen molar-refractivity contribution in [1.29, 1.82) is 0 Å². The molecule has 3 amide bonds. The van der Waals surface area contributed by atoms with Crippen LogP contribution in [0.5, 0.6) is 0 Å². The lowest BCUT2D eigenvalue weighted by Gasteiger charge is -2.20. The predicted octanol–water partition coefficient (Wildman–Crippen LogP) is -4.57. The van der Waals surface area contributed by atoms with Gasteiger partial charge in [0, 0.05) is 18.3 Å². The molecule has 0 saturated heterocycles. The minimum atomic E-state index is -1.54. The number of aliphatic carboxylic acids is 1. The number of H-pyrrole nitrogens is 1. The average Bonchev–Trinajstić information content (AvgIpc) is 3.15. The predicted molar refractivity (Wildman–Crippen MR) is 88.9 cm³/mol. The number of carbonyl (C=O) groups is 4. The van der Waals surface area contributed by atoms with E-state index in [4.69, 9.17) is 21.1 Å². The van der Waals surface area contributed by atoms with Gasteiger partial charge in [-0.05, 0) is 0 Å². The maximum atomic E-state index is 12.3. The Balaban J connectivity index is 2.73. The van der Waals surface area contributed by atoms with E-state index in [-0.39, 0.29) is 6.42 Å². The number of nitrogens with two attached hydrogens (primary N) is 1. The van der Waals surface area contributed by atoms with E-state index in [1.165, 1.54) is 12.5 Å². The van der Waals surface area contributed by atoms with Gasteiger partial charge in [0.15, 0.2) is 0 Å². The Kier molecular flexibility index (Phi) is 8.84. The highest BCUT2D eigenvalue weighted by molar-refractivity contribution is 5.92. The molecule has 0 radical (unpaired) electrons. The van der Waals surface area contributed by atoms with Crippen LogP contribution in [0.1, 0.15) is 5.69 Å². The lowest BCUT2D eigenvalue weighted by atomic mass is 10.1. The summed E-state index contributed by atoms with van der Waals surface area (Å²) in [7, 11) is 0. The van der Waals surface area contributed by atoms with E-state index in [2.05, 4.69) is 25.9 Å². The van der Waals surface area contributed by atoms with Gasteiger partial charge < -0.3 is 42.0 Å². The number of imidazole rings is 1. The molecule has 0 fully saturated rings. The molecule has 1 heterocycles. The molecular weight excluding hydrogens is 364 g/mol. The van der Waals surface area contributed by atoms with Crippen LogP contribution in [0.4, 0.5) is 0 Å². The molecule has 13 nitrogen and oxygen atoms in total. The number of nitrogens with zero attached hydrogens (tertiary/aromatic N) is 1. The molecular formula is C14H22N6O7. The van der Waals surface area contributed by atoms with E-state index in [0.29, 0.717) is 5.69 Å². The number of hydrogen-bond donors (Lipinski definition) is 8. The Bertz CT molecular complexity index is 650. The maximum Gasteiger partial charge on any atom is 0.328 e. The summed E-state index contributed by atoms with van der Waals surface area (Å²) in [6.07, 6.45) is 2.73. The quantitative estimate of drug-likeness (QED) is 0.183. The molecule has 1 aromatic rings. The van der Waals surface area contributed by atoms with Crippen molar-refractivity contribution in [3.63, 3.8) is 0 Å². The lowest BCUT2D eigenvalue weighted by molar-refractivity contribution is -0.143. The molecule has 0 aliphatic carbocycles. The maximum absolute atomic E-state index is 12.3. The number of nitrogens with one attached hydrogen (secondary N) is 4. The molecule has 150 valence electrons. The largest absolute Gasteiger partial charge is 0.480 e. The summed E-state index contributed by atoms with van der Waals surface area (Å²) in [5, 5.41) is 33.3. The van der Waals surface area contributed by atoms with Crippen LogP contribution in [0.25, 0.3) is 0 Å². The Hall–Kier alpha value is -3.03. The van der Waals surface area contributed by atoms with Gasteiger partial charge in [0.05, 0.1) is 26.1 Å². The van der Waals surface area contributed by atoms with E-state index < -0.39 is 61.6 Å². The molecule has 0 aromatic carbocycles. The normalized spacial score (nSPS) is 13.9. The molecule has 0 spiro atoms. The number of rotatable bonds is 11. The summed E-state index contributed by atoms with van der Waals surface area (Å²) in [6, 6.07) is -3.93. The van der Waals surface area contributed by atoms with Gasteiger partial charge in [-0.1, -0.05) is 0 Å². The Morgan fingerprint density at radius 2 is 1.81 bits per heavy atom. The Morgan fingerprint density at radius 1 is 1.11 bits per heavy atom. The van der Waals surface area contributed by atoms with Crippen molar-refractivity contribution in [3.05, 3.63) is 18.2 Å². The summed E-state index contributed by atoms with van der Waals surface area (Å²) in [5.74, 6) is -3.79. The van der Waals surface area contributed by atoms with E-state index in [1.54, 1.807) is 0 Å². The first-order chi connectivity index (χ1) is 12.8. The number of aromatic nitrogens is 2.